The summed E-state index contributed by atoms with van der Waals surface area (Å²) < 4.78 is 12.7. The van der Waals surface area contributed by atoms with Crippen molar-refractivity contribution in [2.75, 3.05) is 13.2 Å². The van der Waals surface area contributed by atoms with E-state index in [9.17, 15) is 0 Å². The quantitative estimate of drug-likeness (QED) is 0.784. The summed E-state index contributed by atoms with van der Waals surface area (Å²) in [4.78, 5) is 0. The van der Waals surface area contributed by atoms with E-state index in [1.807, 2.05) is 18.2 Å². The van der Waals surface area contributed by atoms with Crippen LogP contribution in [0.1, 0.15) is 17.2 Å². The second kappa shape index (κ2) is 5.06. The molecule has 4 rings (SSSR count). The molecule has 0 saturated heterocycles. The van der Waals surface area contributed by atoms with Gasteiger partial charge in [-0.05, 0) is 28.5 Å². The minimum Gasteiger partial charge on any atom is -0.486 e. The number of para-hydroxylation sites is 1. The molecular weight excluding hydrogens is 282 g/mol. The maximum Gasteiger partial charge on any atom is 0.166 e. The average molecular weight is 297 g/mol. The molecule has 3 aromatic rings. The fraction of sp³-hybridized carbons (Fsp3) is 0.176. The number of hydrogen-bond donors (Lipinski definition) is 1. The Hall–Kier alpha value is -2.04. The van der Waals surface area contributed by atoms with Gasteiger partial charge >= 0.3 is 0 Å². The van der Waals surface area contributed by atoms with E-state index in [4.69, 9.17) is 15.2 Å². The third kappa shape index (κ3) is 2.07. The van der Waals surface area contributed by atoms with Crippen LogP contribution < -0.4 is 15.2 Å². The topological polar surface area (TPSA) is 44.5 Å². The molecule has 0 bridgehead atoms. The maximum atomic E-state index is 6.54. The molecule has 2 heterocycles. The molecule has 0 fully saturated rings. The molecule has 0 saturated carbocycles. The molecule has 1 aliphatic heterocycles. The third-order valence-electron chi connectivity index (χ3n) is 3.78. The van der Waals surface area contributed by atoms with Crippen molar-refractivity contribution in [1.82, 2.24) is 0 Å². The van der Waals surface area contributed by atoms with Crippen LogP contribution in [0.4, 0.5) is 0 Å². The molecule has 1 atom stereocenters. The fourth-order valence-corrected chi connectivity index (χ4v) is 3.72. The summed E-state index contributed by atoms with van der Waals surface area (Å²) in [6, 6.07) is 14.1. The lowest BCUT2D eigenvalue weighted by molar-refractivity contribution is 0.169. The smallest absolute Gasteiger partial charge is 0.166 e. The molecule has 3 nitrogen and oxygen atoms in total. The predicted molar refractivity (Wildman–Crippen MR) is 85.3 cm³/mol. The van der Waals surface area contributed by atoms with Crippen LogP contribution in [0.15, 0.2) is 47.8 Å². The lowest BCUT2D eigenvalue weighted by Crippen LogP contribution is -2.20. The van der Waals surface area contributed by atoms with E-state index in [1.54, 1.807) is 11.3 Å². The van der Waals surface area contributed by atoms with Crippen molar-refractivity contribution in [3.8, 4) is 11.5 Å². The molecule has 21 heavy (non-hydrogen) atoms. The standard InChI is InChI=1S/C17H15NO2S/c18-15(13-5-1-3-11-7-10-21-17(11)13)12-4-2-6-14-16(12)20-9-8-19-14/h1-7,10,15H,8-9,18H2. The minimum atomic E-state index is -0.219. The van der Waals surface area contributed by atoms with E-state index >= 15 is 0 Å². The normalized spacial score (nSPS) is 15.1. The lowest BCUT2D eigenvalue weighted by atomic mass is 9.97. The zero-order valence-electron chi connectivity index (χ0n) is 11.4. The van der Waals surface area contributed by atoms with Gasteiger partial charge in [-0.25, -0.2) is 0 Å². The molecule has 1 aromatic heterocycles. The van der Waals surface area contributed by atoms with Gasteiger partial charge < -0.3 is 15.2 Å². The predicted octanol–water partition coefficient (Wildman–Crippen LogP) is 3.72. The van der Waals surface area contributed by atoms with Crippen LogP contribution in [0.2, 0.25) is 0 Å². The van der Waals surface area contributed by atoms with Crippen LogP contribution in [0.5, 0.6) is 11.5 Å². The minimum absolute atomic E-state index is 0.219. The number of hydrogen-bond acceptors (Lipinski definition) is 4. The first kappa shape index (κ1) is 12.7. The molecule has 4 heteroatoms. The van der Waals surface area contributed by atoms with Gasteiger partial charge in [0.15, 0.2) is 11.5 Å². The highest BCUT2D eigenvalue weighted by atomic mass is 32.1. The summed E-state index contributed by atoms with van der Waals surface area (Å²) in [6.07, 6.45) is 0. The van der Waals surface area contributed by atoms with Crippen molar-refractivity contribution in [2.45, 2.75) is 6.04 Å². The van der Waals surface area contributed by atoms with Crippen LogP contribution in [-0.4, -0.2) is 13.2 Å². The Labute approximate surface area is 126 Å². The van der Waals surface area contributed by atoms with Gasteiger partial charge in [0, 0.05) is 10.3 Å². The second-order valence-electron chi connectivity index (χ2n) is 5.04. The van der Waals surface area contributed by atoms with Crippen LogP contribution in [0, 0.1) is 0 Å². The van der Waals surface area contributed by atoms with Crippen molar-refractivity contribution >= 4 is 21.4 Å². The Bertz CT molecular complexity index is 796. The Kier molecular flexibility index (Phi) is 3.05. The average Bonchev–Trinajstić information content (AvgIpc) is 3.02. The maximum absolute atomic E-state index is 6.54. The van der Waals surface area contributed by atoms with E-state index in [0.29, 0.717) is 13.2 Å². The summed E-state index contributed by atoms with van der Waals surface area (Å²) in [6.45, 7) is 1.16. The van der Waals surface area contributed by atoms with Gasteiger partial charge in [-0.15, -0.1) is 11.3 Å². The Morgan fingerprint density at radius 1 is 0.952 bits per heavy atom. The number of nitrogens with two attached hydrogens (primary N) is 1. The Morgan fingerprint density at radius 2 is 1.76 bits per heavy atom. The summed E-state index contributed by atoms with van der Waals surface area (Å²) >= 11 is 1.72. The van der Waals surface area contributed by atoms with E-state index < -0.39 is 0 Å². The van der Waals surface area contributed by atoms with Gasteiger partial charge in [0.2, 0.25) is 0 Å². The highest BCUT2D eigenvalue weighted by Gasteiger charge is 2.22. The van der Waals surface area contributed by atoms with Crippen LogP contribution in [0.25, 0.3) is 10.1 Å². The number of ether oxygens (including phenoxy) is 2. The fourth-order valence-electron chi connectivity index (χ4n) is 2.77. The Morgan fingerprint density at radius 3 is 2.71 bits per heavy atom. The van der Waals surface area contributed by atoms with Gasteiger partial charge in [0.1, 0.15) is 13.2 Å². The zero-order chi connectivity index (χ0) is 14.2. The molecule has 1 unspecified atom stereocenters. The van der Waals surface area contributed by atoms with Crippen LogP contribution in [-0.2, 0) is 0 Å². The summed E-state index contributed by atoms with van der Waals surface area (Å²) in [7, 11) is 0. The molecule has 106 valence electrons. The Balaban J connectivity index is 1.85. The molecule has 0 radical (unpaired) electrons. The molecular formula is C17H15NO2S. The van der Waals surface area contributed by atoms with Gasteiger partial charge in [-0.1, -0.05) is 30.3 Å². The first-order valence-electron chi connectivity index (χ1n) is 6.95. The van der Waals surface area contributed by atoms with Gasteiger partial charge in [0.05, 0.1) is 6.04 Å². The van der Waals surface area contributed by atoms with E-state index in [2.05, 4.69) is 29.6 Å². The highest BCUT2D eigenvalue weighted by molar-refractivity contribution is 7.17. The second-order valence-corrected chi connectivity index (χ2v) is 5.95. The van der Waals surface area contributed by atoms with E-state index in [0.717, 1.165) is 22.6 Å². The lowest BCUT2D eigenvalue weighted by Gasteiger charge is -2.24. The third-order valence-corrected chi connectivity index (χ3v) is 4.76. The monoisotopic (exact) mass is 297 g/mol. The molecule has 0 amide bonds. The molecule has 2 aromatic carbocycles. The van der Waals surface area contributed by atoms with Crippen molar-refractivity contribution < 1.29 is 9.47 Å². The molecule has 2 N–H and O–H groups in total. The van der Waals surface area contributed by atoms with Crippen LogP contribution >= 0.6 is 11.3 Å². The highest BCUT2D eigenvalue weighted by Crippen LogP contribution is 2.40. The van der Waals surface area contributed by atoms with Crippen molar-refractivity contribution in [2.24, 2.45) is 5.73 Å². The van der Waals surface area contributed by atoms with Gasteiger partial charge in [-0.3, -0.25) is 0 Å². The van der Waals surface area contributed by atoms with Gasteiger partial charge in [0.25, 0.3) is 0 Å². The van der Waals surface area contributed by atoms with E-state index in [-0.39, 0.29) is 6.04 Å². The van der Waals surface area contributed by atoms with Crippen molar-refractivity contribution in [3.05, 3.63) is 59.0 Å². The summed E-state index contributed by atoms with van der Waals surface area (Å²) in [5.74, 6) is 1.57. The van der Waals surface area contributed by atoms with Gasteiger partial charge in [-0.2, -0.15) is 0 Å². The van der Waals surface area contributed by atoms with Crippen LogP contribution in [0.3, 0.4) is 0 Å². The SMILES string of the molecule is NC(c1cccc2c1OCCO2)c1cccc2ccsc12. The van der Waals surface area contributed by atoms with Crippen molar-refractivity contribution in [3.63, 3.8) is 0 Å². The zero-order valence-corrected chi connectivity index (χ0v) is 12.2. The largest absolute Gasteiger partial charge is 0.486 e. The number of rotatable bonds is 2. The molecule has 0 spiro atoms. The van der Waals surface area contributed by atoms with Crippen molar-refractivity contribution in [1.29, 1.82) is 0 Å². The number of fused-ring (bicyclic) bond motifs is 2. The van der Waals surface area contributed by atoms with E-state index in [1.165, 1.54) is 10.1 Å². The molecule has 0 aliphatic carbocycles. The first-order chi connectivity index (χ1) is 10.3. The number of benzene rings is 2. The summed E-state index contributed by atoms with van der Waals surface area (Å²) in [5.41, 5.74) is 8.65. The number of thiophene rings is 1. The first-order valence-corrected chi connectivity index (χ1v) is 7.83. The summed E-state index contributed by atoms with van der Waals surface area (Å²) in [5, 5.41) is 3.33. The molecule has 1 aliphatic rings.